The summed E-state index contributed by atoms with van der Waals surface area (Å²) >= 11 is 13.7. The van der Waals surface area contributed by atoms with Gasteiger partial charge in [0.05, 0.1) is 12.6 Å². The minimum atomic E-state index is 0.147. The molecule has 2 aromatic heterocycles. The summed E-state index contributed by atoms with van der Waals surface area (Å²) in [5.74, 6) is 0. The second kappa shape index (κ2) is 3.81. The third kappa shape index (κ3) is 1.88. The molecule has 68 valence electrons. The molecule has 4 nitrogen and oxygen atoms in total. The first-order valence-corrected chi connectivity index (χ1v) is 7.97. The highest BCUT2D eigenvalue weighted by Crippen LogP contribution is 2.27. The lowest BCUT2D eigenvalue weighted by atomic mass is 10.5. The number of halogens is 3. The first-order chi connectivity index (χ1) is 6.20. The smallest absolute Gasteiger partial charge is 0.224 e. The summed E-state index contributed by atoms with van der Waals surface area (Å²) in [6.07, 6.45) is 2.30. The lowest BCUT2D eigenvalue weighted by molar-refractivity contribution is 1.03. The Labute approximate surface area is 98.3 Å². The standard InChI is InChI=1S/C5H2Cl2IN4P/c6-4-3-2(9-5(7)10-4)1-12(11-3)13-8/h1,13H. The predicted molar refractivity (Wildman–Crippen MR) is 63.1 cm³/mol. The third-order valence-corrected chi connectivity index (χ3v) is 3.70. The van der Waals surface area contributed by atoms with Gasteiger partial charge in [-0.2, -0.15) is 5.10 Å². The highest BCUT2D eigenvalue weighted by molar-refractivity contribution is 14.2. The molecule has 2 heterocycles. The molecule has 2 aromatic rings. The molecule has 0 saturated carbocycles. The highest BCUT2D eigenvalue weighted by atomic mass is 127. The average Bonchev–Trinajstić information content (AvgIpc) is 2.47. The van der Waals surface area contributed by atoms with Crippen LogP contribution in [0.2, 0.25) is 10.4 Å². The van der Waals surface area contributed by atoms with Gasteiger partial charge >= 0.3 is 0 Å². The molecule has 0 aromatic carbocycles. The van der Waals surface area contributed by atoms with Crippen molar-refractivity contribution in [2.45, 2.75) is 0 Å². The second-order valence-corrected chi connectivity index (χ2v) is 4.95. The Morgan fingerprint density at radius 2 is 2.15 bits per heavy atom. The molecule has 0 fully saturated rings. The molecule has 1 unspecified atom stereocenters. The molecular weight excluding hydrogens is 345 g/mol. The van der Waals surface area contributed by atoms with Crippen molar-refractivity contribution >= 4 is 62.7 Å². The van der Waals surface area contributed by atoms with Gasteiger partial charge in [-0.25, -0.2) is 14.4 Å². The maximum absolute atomic E-state index is 5.82. The van der Waals surface area contributed by atoms with Crippen LogP contribution in [0.15, 0.2) is 6.20 Å². The fourth-order valence-corrected chi connectivity index (χ4v) is 2.38. The van der Waals surface area contributed by atoms with E-state index in [-0.39, 0.29) is 5.28 Å². The van der Waals surface area contributed by atoms with E-state index in [9.17, 15) is 0 Å². The van der Waals surface area contributed by atoms with E-state index in [0.717, 1.165) is 0 Å². The van der Waals surface area contributed by atoms with Crippen LogP contribution in [0.25, 0.3) is 11.0 Å². The molecule has 0 aliphatic heterocycles. The van der Waals surface area contributed by atoms with Gasteiger partial charge in [0, 0.05) is 0 Å². The second-order valence-electron chi connectivity index (χ2n) is 2.18. The van der Waals surface area contributed by atoms with Crippen molar-refractivity contribution in [2.75, 3.05) is 0 Å². The maximum atomic E-state index is 5.82. The van der Waals surface area contributed by atoms with Crippen molar-refractivity contribution in [3.63, 3.8) is 0 Å². The van der Waals surface area contributed by atoms with Gasteiger partial charge < -0.3 is 0 Å². The summed E-state index contributed by atoms with van der Waals surface area (Å²) in [6.45, 7) is 0. The third-order valence-electron chi connectivity index (χ3n) is 1.38. The van der Waals surface area contributed by atoms with Crippen LogP contribution >= 0.6 is 51.6 Å². The summed E-state index contributed by atoms with van der Waals surface area (Å²) < 4.78 is 1.75. The number of hydrogen-bond acceptors (Lipinski definition) is 3. The number of aromatic nitrogens is 4. The lowest BCUT2D eigenvalue weighted by Gasteiger charge is -1.90. The average molecular weight is 347 g/mol. The summed E-state index contributed by atoms with van der Waals surface area (Å²) in [5, 5.41) is 4.62. The van der Waals surface area contributed by atoms with Gasteiger partial charge in [0.2, 0.25) is 5.28 Å². The summed E-state index contributed by atoms with van der Waals surface area (Å²) in [6, 6.07) is 0. The highest BCUT2D eigenvalue weighted by Gasteiger charge is 2.08. The summed E-state index contributed by atoms with van der Waals surface area (Å²) in [5.41, 5.74) is 1.27. The fraction of sp³-hybridized carbons (Fsp3) is 0. The monoisotopic (exact) mass is 346 g/mol. The van der Waals surface area contributed by atoms with Gasteiger partial charge in [-0.05, 0) is 33.6 Å². The van der Waals surface area contributed by atoms with Crippen LogP contribution in [-0.4, -0.2) is 19.5 Å². The van der Waals surface area contributed by atoms with Gasteiger partial charge in [0.25, 0.3) is 0 Å². The molecule has 0 radical (unpaired) electrons. The molecule has 0 aliphatic rings. The van der Waals surface area contributed by atoms with E-state index in [4.69, 9.17) is 23.2 Å². The normalized spacial score (nSPS) is 11.9. The maximum Gasteiger partial charge on any atom is 0.224 e. The first-order valence-electron chi connectivity index (χ1n) is 3.16. The number of rotatable bonds is 1. The van der Waals surface area contributed by atoms with Crippen LogP contribution < -0.4 is 0 Å². The summed E-state index contributed by atoms with van der Waals surface area (Å²) in [7, 11) is 0. The fourth-order valence-electron chi connectivity index (χ4n) is 0.895. The van der Waals surface area contributed by atoms with E-state index < -0.39 is 0 Å². The van der Waals surface area contributed by atoms with Crippen molar-refractivity contribution in [2.24, 2.45) is 0 Å². The molecule has 1 atom stereocenters. The Kier molecular flexibility index (Phi) is 2.88. The van der Waals surface area contributed by atoms with Gasteiger partial charge in [-0.15, -0.1) is 0 Å². The molecule has 13 heavy (non-hydrogen) atoms. The molecule has 0 bridgehead atoms. The van der Waals surface area contributed by atoms with Crippen LogP contribution in [0.1, 0.15) is 0 Å². The summed E-state index contributed by atoms with van der Waals surface area (Å²) in [4.78, 5) is 7.79. The van der Waals surface area contributed by atoms with Gasteiger partial charge in [-0.1, -0.05) is 11.6 Å². The molecule has 2 rings (SSSR count). The van der Waals surface area contributed by atoms with Crippen LogP contribution in [0.5, 0.6) is 0 Å². The zero-order valence-corrected chi connectivity index (χ0v) is 10.7. The molecule has 0 N–H and O–H groups in total. The quantitative estimate of drug-likeness (QED) is 0.345. The van der Waals surface area contributed by atoms with Crippen LogP contribution in [0.4, 0.5) is 0 Å². The molecule has 8 heteroatoms. The van der Waals surface area contributed by atoms with Crippen LogP contribution in [-0.2, 0) is 0 Å². The SMILES string of the molecule is Clc1nc(Cl)c2nn(PI)cc2n1. The minimum Gasteiger partial charge on any atom is -0.242 e. The van der Waals surface area contributed by atoms with Gasteiger partial charge in [0.15, 0.2) is 5.15 Å². The molecular formula is C5H2Cl2IN4P. The van der Waals surface area contributed by atoms with E-state index >= 15 is 0 Å². The van der Waals surface area contributed by atoms with Crippen molar-refractivity contribution in [3.05, 3.63) is 16.6 Å². The predicted octanol–water partition coefficient (Wildman–Crippen LogP) is 2.92. The van der Waals surface area contributed by atoms with E-state index in [1.807, 2.05) is 0 Å². The van der Waals surface area contributed by atoms with Crippen molar-refractivity contribution < 1.29 is 0 Å². The number of hydrogen-bond donors (Lipinski definition) is 0. The molecule has 0 spiro atoms. The number of fused-ring (bicyclic) bond motifs is 1. The first kappa shape index (κ1) is 9.83. The van der Waals surface area contributed by atoms with Gasteiger partial charge in [0.1, 0.15) is 11.0 Å². The topological polar surface area (TPSA) is 43.6 Å². The van der Waals surface area contributed by atoms with Crippen LogP contribution in [0, 0.1) is 0 Å². The molecule has 0 saturated heterocycles. The molecule has 0 aliphatic carbocycles. The Bertz CT molecular complexity index is 459. The minimum absolute atomic E-state index is 0.147. The largest absolute Gasteiger partial charge is 0.242 e. The Hall–Kier alpha value is 0.290. The van der Waals surface area contributed by atoms with E-state index in [0.29, 0.717) is 22.6 Å². The van der Waals surface area contributed by atoms with E-state index in [1.165, 1.54) is 0 Å². The Morgan fingerprint density at radius 3 is 2.85 bits per heavy atom. The van der Waals surface area contributed by atoms with Crippen molar-refractivity contribution in [1.82, 2.24) is 19.5 Å². The van der Waals surface area contributed by atoms with Gasteiger partial charge in [-0.3, -0.25) is 0 Å². The zero-order chi connectivity index (χ0) is 9.42. The zero-order valence-electron chi connectivity index (χ0n) is 6.00. The Balaban J connectivity index is 2.75. The van der Waals surface area contributed by atoms with E-state index in [2.05, 4.69) is 37.1 Å². The van der Waals surface area contributed by atoms with Crippen LogP contribution in [0.3, 0.4) is 0 Å². The van der Waals surface area contributed by atoms with Crippen molar-refractivity contribution in [3.8, 4) is 0 Å². The van der Waals surface area contributed by atoms with E-state index in [1.54, 1.807) is 10.6 Å². The van der Waals surface area contributed by atoms with Crippen molar-refractivity contribution in [1.29, 1.82) is 0 Å². The lowest BCUT2D eigenvalue weighted by Crippen LogP contribution is -1.84. The Morgan fingerprint density at radius 1 is 1.38 bits per heavy atom. The number of nitrogens with zero attached hydrogens (tertiary/aromatic N) is 4. The molecule has 0 amide bonds.